The van der Waals surface area contributed by atoms with E-state index in [4.69, 9.17) is 0 Å². The highest BCUT2D eigenvalue weighted by Crippen LogP contribution is 2.33. The van der Waals surface area contributed by atoms with Crippen molar-refractivity contribution in [2.75, 3.05) is 6.54 Å². The average molecular weight is 191 g/mol. The summed E-state index contributed by atoms with van der Waals surface area (Å²) in [6, 6.07) is 1.99. The molecule has 0 saturated heterocycles. The average Bonchev–Trinajstić information content (AvgIpc) is 2.13. The largest absolute Gasteiger partial charge is 0.311 e. The molecule has 1 heterocycles. The topological polar surface area (TPSA) is 37.8 Å². The van der Waals surface area contributed by atoms with Crippen molar-refractivity contribution in [3.8, 4) is 0 Å². The fraction of sp³-hybridized carbons (Fsp3) is 0.636. The van der Waals surface area contributed by atoms with Gasteiger partial charge in [0.2, 0.25) is 0 Å². The molecule has 1 aliphatic rings. The van der Waals surface area contributed by atoms with Crippen LogP contribution in [0.2, 0.25) is 0 Å². The van der Waals surface area contributed by atoms with Crippen molar-refractivity contribution < 1.29 is 0 Å². The molecule has 2 rings (SSSR count). The SMILES string of the molecule is CCNCc1ccnc(C2CCC2)n1. The van der Waals surface area contributed by atoms with Crippen LogP contribution in [0.3, 0.4) is 0 Å². The van der Waals surface area contributed by atoms with Crippen LogP contribution in [0.15, 0.2) is 12.3 Å². The molecule has 14 heavy (non-hydrogen) atoms. The molecule has 0 aliphatic heterocycles. The van der Waals surface area contributed by atoms with Crippen LogP contribution >= 0.6 is 0 Å². The Morgan fingerprint density at radius 2 is 2.36 bits per heavy atom. The van der Waals surface area contributed by atoms with Crippen molar-refractivity contribution in [1.29, 1.82) is 0 Å². The lowest BCUT2D eigenvalue weighted by Gasteiger charge is -2.23. The molecule has 1 fully saturated rings. The monoisotopic (exact) mass is 191 g/mol. The van der Waals surface area contributed by atoms with Gasteiger partial charge in [-0.25, -0.2) is 9.97 Å². The standard InChI is InChI=1S/C11H17N3/c1-2-12-8-10-6-7-13-11(14-10)9-4-3-5-9/h6-7,9,12H,2-5,8H2,1H3. The number of rotatable bonds is 4. The van der Waals surface area contributed by atoms with Gasteiger partial charge in [0, 0.05) is 18.7 Å². The Kier molecular flexibility index (Phi) is 3.09. The smallest absolute Gasteiger partial charge is 0.131 e. The van der Waals surface area contributed by atoms with Gasteiger partial charge in [0.05, 0.1) is 5.69 Å². The van der Waals surface area contributed by atoms with Gasteiger partial charge >= 0.3 is 0 Å². The minimum atomic E-state index is 0.636. The summed E-state index contributed by atoms with van der Waals surface area (Å²) in [7, 11) is 0. The van der Waals surface area contributed by atoms with E-state index in [0.29, 0.717) is 5.92 Å². The molecule has 76 valence electrons. The van der Waals surface area contributed by atoms with Gasteiger partial charge in [0.1, 0.15) is 5.82 Å². The van der Waals surface area contributed by atoms with Gasteiger partial charge in [0.25, 0.3) is 0 Å². The van der Waals surface area contributed by atoms with Crippen molar-refractivity contribution in [2.45, 2.75) is 38.6 Å². The summed E-state index contributed by atoms with van der Waals surface area (Å²) in [5.74, 6) is 1.68. The first-order chi connectivity index (χ1) is 6.90. The first kappa shape index (κ1) is 9.59. The number of hydrogen-bond acceptors (Lipinski definition) is 3. The predicted molar refractivity (Wildman–Crippen MR) is 56.0 cm³/mol. The first-order valence-electron chi connectivity index (χ1n) is 5.42. The predicted octanol–water partition coefficient (Wildman–Crippen LogP) is 1.85. The Balaban J connectivity index is 2.02. The van der Waals surface area contributed by atoms with Gasteiger partial charge in [-0.15, -0.1) is 0 Å². The first-order valence-corrected chi connectivity index (χ1v) is 5.42. The van der Waals surface area contributed by atoms with Crippen LogP contribution in [0, 0.1) is 0 Å². The highest BCUT2D eigenvalue weighted by atomic mass is 14.9. The van der Waals surface area contributed by atoms with E-state index < -0.39 is 0 Å². The lowest BCUT2D eigenvalue weighted by Crippen LogP contribution is -2.17. The fourth-order valence-corrected chi connectivity index (χ4v) is 1.63. The Morgan fingerprint density at radius 1 is 1.50 bits per heavy atom. The summed E-state index contributed by atoms with van der Waals surface area (Å²) in [6.07, 6.45) is 5.76. The van der Waals surface area contributed by atoms with Crippen molar-refractivity contribution in [1.82, 2.24) is 15.3 Å². The molecule has 0 atom stereocenters. The molecule has 1 aromatic rings. The molecule has 0 aromatic carbocycles. The Bertz CT molecular complexity index is 294. The van der Waals surface area contributed by atoms with Crippen LogP contribution in [0.5, 0.6) is 0 Å². The molecular formula is C11H17N3. The minimum Gasteiger partial charge on any atom is -0.311 e. The molecule has 1 aliphatic carbocycles. The second-order valence-corrected chi connectivity index (χ2v) is 3.81. The third kappa shape index (κ3) is 2.10. The maximum absolute atomic E-state index is 4.56. The van der Waals surface area contributed by atoms with E-state index >= 15 is 0 Å². The van der Waals surface area contributed by atoms with Crippen LogP contribution in [-0.4, -0.2) is 16.5 Å². The Morgan fingerprint density at radius 3 is 3.00 bits per heavy atom. The highest BCUT2D eigenvalue weighted by molar-refractivity contribution is 5.07. The molecule has 0 unspecified atom stereocenters. The fourth-order valence-electron chi connectivity index (χ4n) is 1.63. The maximum Gasteiger partial charge on any atom is 0.131 e. The molecule has 1 N–H and O–H groups in total. The molecule has 0 amide bonds. The molecule has 1 aromatic heterocycles. The summed E-state index contributed by atoms with van der Waals surface area (Å²) in [4.78, 5) is 8.89. The lowest BCUT2D eigenvalue weighted by molar-refractivity contribution is 0.400. The quantitative estimate of drug-likeness (QED) is 0.789. The second-order valence-electron chi connectivity index (χ2n) is 3.81. The van der Waals surface area contributed by atoms with Gasteiger partial charge in [-0.05, 0) is 25.5 Å². The Hall–Kier alpha value is -0.960. The van der Waals surface area contributed by atoms with Crippen molar-refractivity contribution in [2.24, 2.45) is 0 Å². The summed E-state index contributed by atoms with van der Waals surface area (Å²) in [6.45, 7) is 3.95. The van der Waals surface area contributed by atoms with Crippen molar-refractivity contribution in [3.05, 3.63) is 23.8 Å². The van der Waals surface area contributed by atoms with E-state index in [0.717, 1.165) is 24.6 Å². The van der Waals surface area contributed by atoms with Crippen LogP contribution in [0.1, 0.15) is 43.6 Å². The molecule has 0 spiro atoms. The third-order valence-electron chi connectivity index (χ3n) is 2.76. The molecule has 3 nitrogen and oxygen atoms in total. The number of aromatic nitrogens is 2. The summed E-state index contributed by atoms with van der Waals surface area (Å²) in [5.41, 5.74) is 1.11. The van der Waals surface area contributed by atoms with Crippen molar-refractivity contribution >= 4 is 0 Å². The maximum atomic E-state index is 4.56. The number of hydrogen-bond donors (Lipinski definition) is 1. The van der Waals surface area contributed by atoms with Crippen LogP contribution in [-0.2, 0) is 6.54 Å². The molecule has 0 bridgehead atoms. The molecule has 1 saturated carbocycles. The Labute approximate surface area is 85.0 Å². The number of nitrogens with zero attached hydrogens (tertiary/aromatic N) is 2. The normalized spacial score (nSPS) is 16.6. The third-order valence-corrected chi connectivity index (χ3v) is 2.76. The van der Waals surface area contributed by atoms with E-state index in [1.807, 2.05) is 12.3 Å². The summed E-state index contributed by atoms with van der Waals surface area (Å²) >= 11 is 0. The zero-order chi connectivity index (χ0) is 9.80. The molecular weight excluding hydrogens is 174 g/mol. The van der Waals surface area contributed by atoms with Gasteiger partial charge in [0.15, 0.2) is 0 Å². The molecule has 3 heteroatoms. The van der Waals surface area contributed by atoms with E-state index in [-0.39, 0.29) is 0 Å². The van der Waals surface area contributed by atoms with E-state index in [1.165, 1.54) is 19.3 Å². The zero-order valence-electron chi connectivity index (χ0n) is 8.66. The van der Waals surface area contributed by atoms with E-state index in [9.17, 15) is 0 Å². The van der Waals surface area contributed by atoms with Crippen LogP contribution in [0.4, 0.5) is 0 Å². The van der Waals surface area contributed by atoms with Crippen molar-refractivity contribution in [3.63, 3.8) is 0 Å². The van der Waals surface area contributed by atoms with E-state index in [1.54, 1.807) is 0 Å². The highest BCUT2D eigenvalue weighted by Gasteiger charge is 2.21. The van der Waals surface area contributed by atoms with Crippen LogP contribution < -0.4 is 5.32 Å². The van der Waals surface area contributed by atoms with Gasteiger partial charge in [-0.2, -0.15) is 0 Å². The van der Waals surface area contributed by atoms with Gasteiger partial charge in [-0.3, -0.25) is 0 Å². The minimum absolute atomic E-state index is 0.636. The summed E-state index contributed by atoms with van der Waals surface area (Å²) in [5, 5.41) is 3.28. The van der Waals surface area contributed by atoms with Gasteiger partial charge < -0.3 is 5.32 Å². The number of nitrogens with one attached hydrogen (secondary N) is 1. The van der Waals surface area contributed by atoms with Crippen LogP contribution in [0.25, 0.3) is 0 Å². The molecule has 0 radical (unpaired) electrons. The summed E-state index contributed by atoms with van der Waals surface area (Å²) < 4.78 is 0. The lowest BCUT2D eigenvalue weighted by atomic mass is 9.85. The zero-order valence-corrected chi connectivity index (χ0v) is 8.66. The van der Waals surface area contributed by atoms with E-state index in [2.05, 4.69) is 22.2 Å². The second kappa shape index (κ2) is 4.51. The van der Waals surface area contributed by atoms with Gasteiger partial charge in [-0.1, -0.05) is 13.3 Å².